The van der Waals surface area contributed by atoms with Crippen molar-refractivity contribution in [2.45, 2.75) is 0 Å². The van der Waals surface area contributed by atoms with Crippen LogP contribution in [0.25, 0.3) is 33.4 Å². The van der Waals surface area contributed by atoms with E-state index in [4.69, 9.17) is 22.3 Å². The van der Waals surface area contributed by atoms with Gasteiger partial charge in [-0.25, -0.2) is 9.97 Å². The number of nitrogens with zero attached hydrogens (tertiary/aromatic N) is 4. The van der Waals surface area contributed by atoms with Crippen LogP contribution in [0.1, 0.15) is 0 Å². The van der Waals surface area contributed by atoms with E-state index in [0.29, 0.717) is 22.4 Å². The number of aromatic nitrogens is 4. The molecule has 3 N–H and O–H groups in total. The lowest BCUT2D eigenvalue weighted by Gasteiger charge is -2.17. The fraction of sp³-hybridized carbons (Fsp3) is 0.105. The van der Waals surface area contributed by atoms with Crippen LogP contribution in [0.3, 0.4) is 0 Å². The highest BCUT2D eigenvalue weighted by Crippen LogP contribution is 2.36. The van der Waals surface area contributed by atoms with Crippen LogP contribution >= 0.6 is 11.6 Å². The molecule has 0 unspecified atom stereocenters. The summed E-state index contributed by atoms with van der Waals surface area (Å²) in [5.74, 6) is 0.996. The Bertz CT molecular complexity index is 1090. The maximum absolute atomic E-state index is 6.43. The first kappa shape index (κ1) is 16.4. The third kappa shape index (κ3) is 2.74. The molecule has 7 heteroatoms. The fourth-order valence-electron chi connectivity index (χ4n) is 2.92. The standard InChI is InChI=1S/C19H17ClN6/c1-26(2)19-18(21)23-16(11-6-4-3-5-7-11)17(24-19)12-8-13-10-22-25-15(13)14(20)9-12/h3-10H,1-2H3,(H2,21,23)(H,22,25). The smallest absolute Gasteiger partial charge is 0.171 e. The molecule has 0 bridgehead atoms. The molecule has 0 atom stereocenters. The van der Waals surface area contributed by atoms with Gasteiger partial charge in [0, 0.05) is 30.6 Å². The van der Waals surface area contributed by atoms with Gasteiger partial charge in [-0.2, -0.15) is 5.10 Å². The second-order valence-electron chi connectivity index (χ2n) is 6.18. The fourth-order valence-corrected chi connectivity index (χ4v) is 3.19. The van der Waals surface area contributed by atoms with Crippen molar-refractivity contribution in [2.75, 3.05) is 24.7 Å². The molecule has 0 saturated heterocycles. The van der Waals surface area contributed by atoms with Crippen molar-refractivity contribution in [3.63, 3.8) is 0 Å². The number of anilines is 2. The zero-order valence-corrected chi connectivity index (χ0v) is 15.1. The maximum atomic E-state index is 6.43. The minimum Gasteiger partial charge on any atom is -0.381 e. The summed E-state index contributed by atoms with van der Waals surface area (Å²) in [5.41, 5.74) is 10.2. The number of hydrogen-bond donors (Lipinski definition) is 2. The van der Waals surface area contributed by atoms with E-state index in [9.17, 15) is 0 Å². The molecule has 0 radical (unpaired) electrons. The van der Waals surface area contributed by atoms with Gasteiger partial charge in [0.05, 0.1) is 28.1 Å². The Hall–Kier alpha value is -3.12. The molecule has 6 nitrogen and oxygen atoms in total. The van der Waals surface area contributed by atoms with Gasteiger partial charge in [-0.15, -0.1) is 0 Å². The monoisotopic (exact) mass is 364 g/mol. The van der Waals surface area contributed by atoms with Crippen molar-refractivity contribution >= 4 is 34.1 Å². The lowest BCUT2D eigenvalue weighted by atomic mass is 10.0. The second kappa shape index (κ2) is 6.31. The number of aromatic amines is 1. The first-order chi connectivity index (χ1) is 12.5. The van der Waals surface area contributed by atoms with E-state index in [1.54, 1.807) is 6.20 Å². The molecule has 0 amide bonds. The van der Waals surface area contributed by atoms with E-state index in [1.165, 1.54) is 0 Å². The molecule has 4 rings (SSSR count). The highest BCUT2D eigenvalue weighted by atomic mass is 35.5. The van der Waals surface area contributed by atoms with Crippen LogP contribution < -0.4 is 10.6 Å². The van der Waals surface area contributed by atoms with Crippen LogP contribution in [0.2, 0.25) is 5.02 Å². The predicted molar refractivity (Wildman–Crippen MR) is 106 cm³/mol. The summed E-state index contributed by atoms with van der Waals surface area (Å²) < 4.78 is 0. The number of rotatable bonds is 3. The van der Waals surface area contributed by atoms with E-state index < -0.39 is 0 Å². The van der Waals surface area contributed by atoms with Gasteiger partial charge < -0.3 is 10.6 Å². The quantitative estimate of drug-likeness (QED) is 0.574. The zero-order valence-electron chi connectivity index (χ0n) is 14.4. The minimum absolute atomic E-state index is 0.382. The Kier molecular flexibility index (Phi) is 3.97. The highest BCUT2D eigenvalue weighted by molar-refractivity contribution is 6.35. The van der Waals surface area contributed by atoms with Crippen molar-refractivity contribution < 1.29 is 0 Å². The number of benzene rings is 2. The van der Waals surface area contributed by atoms with Crippen molar-refractivity contribution in [3.8, 4) is 22.5 Å². The number of nitrogens with one attached hydrogen (secondary N) is 1. The predicted octanol–water partition coefficient (Wildman–Crippen LogP) is 3.99. The van der Waals surface area contributed by atoms with Crippen LogP contribution in [0.4, 0.5) is 11.6 Å². The number of hydrogen-bond acceptors (Lipinski definition) is 5. The number of halogens is 1. The lowest BCUT2D eigenvalue weighted by molar-refractivity contribution is 1.05. The Morgan fingerprint density at radius 1 is 1.00 bits per heavy atom. The van der Waals surface area contributed by atoms with Gasteiger partial charge in [0.2, 0.25) is 0 Å². The van der Waals surface area contributed by atoms with Gasteiger partial charge in [-0.05, 0) is 12.1 Å². The summed E-state index contributed by atoms with van der Waals surface area (Å²) in [6.45, 7) is 0. The SMILES string of the molecule is CN(C)c1nc(-c2cc(Cl)c3[nH]ncc3c2)c(-c2ccccc2)nc1N. The van der Waals surface area contributed by atoms with Crippen molar-refractivity contribution in [2.24, 2.45) is 0 Å². The molecule has 0 fully saturated rings. The van der Waals surface area contributed by atoms with Crippen molar-refractivity contribution in [1.82, 2.24) is 20.2 Å². The van der Waals surface area contributed by atoms with Gasteiger partial charge in [0.15, 0.2) is 11.6 Å². The Labute approximate surface area is 155 Å². The normalized spacial score (nSPS) is 11.0. The van der Waals surface area contributed by atoms with Gasteiger partial charge in [-0.3, -0.25) is 5.10 Å². The molecule has 130 valence electrons. The first-order valence-corrected chi connectivity index (χ1v) is 8.45. The molecule has 2 aromatic heterocycles. The van der Waals surface area contributed by atoms with Gasteiger partial charge >= 0.3 is 0 Å². The molecular formula is C19H17ClN6. The van der Waals surface area contributed by atoms with Gasteiger partial charge in [0.25, 0.3) is 0 Å². The van der Waals surface area contributed by atoms with E-state index >= 15 is 0 Å². The second-order valence-corrected chi connectivity index (χ2v) is 6.59. The molecule has 0 aliphatic rings. The molecule has 26 heavy (non-hydrogen) atoms. The summed E-state index contributed by atoms with van der Waals surface area (Å²) in [6.07, 6.45) is 1.74. The lowest BCUT2D eigenvalue weighted by Crippen LogP contribution is -2.15. The number of H-pyrrole nitrogens is 1. The Morgan fingerprint density at radius 3 is 2.46 bits per heavy atom. The van der Waals surface area contributed by atoms with Crippen molar-refractivity contribution in [3.05, 3.63) is 53.7 Å². The van der Waals surface area contributed by atoms with E-state index in [-0.39, 0.29) is 0 Å². The average molecular weight is 365 g/mol. The van der Waals surface area contributed by atoms with E-state index in [0.717, 1.165) is 27.7 Å². The Balaban J connectivity index is 2.02. The van der Waals surface area contributed by atoms with E-state index in [2.05, 4.69) is 15.2 Å². The van der Waals surface area contributed by atoms with Gasteiger partial charge in [0.1, 0.15) is 0 Å². The molecule has 0 spiro atoms. The minimum atomic E-state index is 0.382. The van der Waals surface area contributed by atoms with Crippen LogP contribution in [0, 0.1) is 0 Å². The zero-order chi connectivity index (χ0) is 18.3. The molecule has 2 aromatic carbocycles. The topological polar surface area (TPSA) is 83.7 Å². The largest absolute Gasteiger partial charge is 0.381 e. The first-order valence-electron chi connectivity index (χ1n) is 8.08. The van der Waals surface area contributed by atoms with Crippen molar-refractivity contribution in [1.29, 1.82) is 0 Å². The highest BCUT2D eigenvalue weighted by Gasteiger charge is 2.18. The third-order valence-electron chi connectivity index (χ3n) is 4.15. The molecule has 0 aliphatic heterocycles. The van der Waals surface area contributed by atoms with Crippen LogP contribution in [0.5, 0.6) is 0 Å². The summed E-state index contributed by atoms with van der Waals surface area (Å²) in [5, 5.41) is 8.46. The molecule has 4 aromatic rings. The van der Waals surface area contributed by atoms with Crippen LogP contribution in [0.15, 0.2) is 48.7 Å². The number of fused-ring (bicyclic) bond motifs is 1. The summed E-state index contributed by atoms with van der Waals surface area (Å²) in [4.78, 5) is 11.3. The third-order valence-corrected chi connectivity index (χ3v) is 4.45. The maximum Gasteiger partial charge on any atom is 0.171 e. The van der Waals surface area contributed by atoms with Crippen LogP contribution in [-0.4, -0.2) is 34.3 Å². The van der Waals surface area contributed by atoms with Gasteiger partial charge in [-0.1, -0.05) is 41.9 Å². The Morgan fingerprint density at radius 2 is 1.73 bits per heavy atom. The number of nitrogen functional groups attached to an aromatic ring is 1. The summed E-state index contributed by atoms with van der Waals surface area (Å²) >= 11 is 6.43. The molecule has 0 saturated carbocycles. The molecular weight excluding hydrogens is 348 g/mol. The molecule has 0 aliphatic carbocycles. The summed E-state index contributed by atoms with van der Waals surface area (Å²) in [6, 6.07) is 13.7. The van der Waals surface area contributed by atoms with E-state index in [1.807, 2.05) is 61.5 Å². The summed E-state index contributed by atoms with van der Waals surface area (Å²) in [7, 11) is 3.77. The van der Waals surface area contributed by atoms with Crippen LogP contribution in [-0.2, 0) is 0 Å². The molecule has 2 heterocycles. The number of nitrogens with two attached hydrogens (primary N) is 1. The average Bonchev–Trinajstić information content (AvgIpc) is 3.11.